The van der Waals surface area contributed by atoms with E-state index in [1.165, 1.54) is 34.8 Å². The molecule has 0 aromatic carbocycles. The lowest BCUT2D eigenvalue weighted by molar-refractivity contribution is -0.304. The van der Waals surface area contributed by atoms with Crippen LogP contribution in [0, 0.1) is 35.0 Å². The molecular formula is C35H58N2O12. The number of nitrogens with zero attached hydrogens (tertiary/aromatic N) is 2. The first kappa shape index (κ1) is 42.5. The highest BCUT2D eigenvalue weighted by Gasteiger charge is 2.53. The Kier molecular flexibility index (Phi) is 15.2. The van der Waals surface area contributed by atoms with Gasteiger partial charge in [-0.1, -0.05) is 27.7 Å². The molecule has 2 fully saturated rings. The third-order valence-electron chi connectivity index (χ3n) is 10.3. The number of aliphatic hydroxyl groups is 2. The first-order valence-corrected chi connectivity index (χ1v) is 17.1. The van der Waals surface area contributed by atoms with Crippen LogP contribution in [0.25, 0.3) is 0 Å². The highest BCUT2D eigenvalue weighted by molar-refractivity contribution is 5.83. The molecule has 2 aliphatic heterocycles. The van der Waals surface area contributed by atoms with Crippen molar-refractivity contribution in [1.29, 1.82) is 5.26 Å². The predicted molar refractivity (Wildman–Crippen MR) is 175 cm³/mol. The Bertz CT molecular complexity index is 1200. The lowest BCUT2D eigenvalue weighted by Gasteiger charge is -2.49. The molecule has 14 heteroatoms. The summed E-state index contributed by atoms with van der Waals surface area (Å²) < 4.78 is 36.5. The average molecular weight is 699 g/mol. The number of ketones is 1. The normalized spacial score (nSPS) is 41.3. The average Bonchev–Trinajstić information content (AvgIpc) is 3.03. The van der Waals surface area contributed by atoms with Gasteiger partial charge in [0.25, 0.3) is 0 Å². The fourth-order valence-electron chi connectivity index (χ4n) is 7.34. The molecule has 0 aliphatic carbocycles. The van der Waals surface area contributed by atoms with E-state index in [0.717, 1.165) is 0 Å². The number of aliphatic hydroxyl groups excluding tert-OH is 1. The summed E-state index contributed by atoms with van der Waals surface area (Å²) >= 11 is 0. The highest BCUT2D eigenvalue weighted by Crippen LogP contribution is 2.40. The first-order valence-electron chi connectivity index (χ1n) is 17.1. The smallest absolute Gasteiger partial charge is 0.320 e. The second-order valence-electron chi connectivity index (χ2n) is 14.5. The number of Topliss-reactive ketones (excluding diaryl/α,β-unsaturated/α-hetero) is 1. The zero-order valence-corrected chi connectivity index (χ0v) is 31.1. The van der Waals surface area contributed by atoms with E-state index in [9.17, 15) is 34.7 Å². The summed E-state index contributed by atoms with van der Waals surface area (Å²) in [5.74, 6) is -6.54. The number of cyclic esters (lactones) is 1. The Balaban J connectivity index is 2.84. The van der Waals surface area contributed by atoms with Crippen LogP contribution in [0.3, 0.4) is 0 Å². The molecule has 0 radical (unpaired) electrons. The quantitative estimate of drug-likeness (QED) is 0.278. The topological polar surface area (TPSA) is 191 Å². The molecule has 14 atom stereocenters. The minimum absolute atomic E-state index is 0.0308. The van der Waals surface area contributed by atoms with Gasteiger partial charge in [-0.2, -0.15) is 5.26 Å². The van der Waals surface area contributed by atoms with Crippen molar-refractivity contribution >= 4 is 23.7 Å². The van der Waals surface area contributed by atoms with E-state index in [2.05, 4.69) is 0 Å². The zero-order valence-electron chi connectivity index (χ0n) is 31.1. The number of rotatable bonds is 8. The van der Waals surface area contributed by atoms with Crippen LogP contribution in [-0.2, 0) is 47.6 Å². The second-order valence-corrected chi connectivity index (χ2v) is 14.5. The Morgan fingerprint density at radius 3 is 2.18 bits per heavy atom. The van der Waals surface area contributed by atoms with E-state index in [4.69, 9.17) is 28.4 Å². The molecule has 2 saturated heterocycles. The van der Waals surface area contributed by atoms with Crippen molar-refractivity contribution in [1.82, 2.24) is 4.90 Å². The standard InChI is InChI=1S/C35H58N2O12/c1-13-25-35(9,43)30(41)20(4)27(40)18(2)17-34(8,44-12)31(21(5)28(22(6)32(42)47-25)48-26(39)14-15-36)49-33-29(46-23(7)38)24(37(10)11)16-19(3)45-33/h18-22,24-25,28-31,33,41,43H,13-14,16-17H2,1-12H3/t18-,19-,20+,21+,22-,24+,25-,28+,29-,30-,31-,33+,34-,35-/m1/s1. The van der Waals surface area contributed by atoms with E-state index in [-0.39, 0.29) is 30.8 Å². The van der Waals surface area contributed by atoms with Crippen molar-refractivity contribution in [2.45, 2.75) is 148 Å². The van der Waals surface area contributed by atoms with E-state index >= 15 is 0 Å². The first-order chi connectivity index (χ1) is 22.7. The summed E-state index contributed by atoms with van der Waals surface area (Å²) in [6, 6.07) is 1.45. The van der Waals surface area contributed by atoms with Crippen molar-refractivity contribution in [3.8, 4) is 6.07 Å². The SMILES string of the molecule is CC[C@H]1OC(=O)[C@H](C)[C@@H](OC(=O)CC#N)[C@H](C)[C@@H](O[C@@H]2O[C@H](C)C[C@H](N(C)C)[C@H]2OC(C)=O)[C@](C)(OC)C[C@@H](C)C(=O)[C@H](C)[C@@H](O)[C@]1(C)O. The maximum absolute atomic E-state index is 13.9. The van der Waals surface area contributed by atoms with E-state index in [1.54, 1.807) is 33.8 Å². The molecule has 2 rings (SSSR count). The predicted octanol–water partition coefficient (Wildman–Crippen LogP) is 2.55. The number of methoxy groups -OCH3 is 1. The fourth-order valence-corrected chi connectivity index (χ4v) is 7.34. The summed E-state index contributed by atoms with van der Waals surface area (Å²) in [7, 11) is 5.13. The summed E-state index contributed by atoms with van der Waals surface area (Å²) in [5, 5.41) is 32.0. The molecular weight excluding hydrogens is 640 g/mol. The van der Waals surface area contributed by atoms with E-state index in [1.807, 2.05) is 25.9 Å². The van der Waals surface area contributed by atoms with Crippen LogP contribution in [0.1, 0.15) is 88.0 Å². The number of carbonyl (C=O) groups is 4. The molecule has 0 unspecified atom stereocenters. The minimum atomic E-state index is -2.01. The number of likely N-dealkylation sites (N-methyl/N-ethyl adjacent to an activating group) is 1. The molecule has 0 amide bonds. The summed E-state index contributed by atoms with van der Waals surface area (Å²) in [4.78, 5) is 54.8. The van der Waals surface area contributed by atoms with Crippen LogP contribution < -0.4 is 0 Å². The maximum Gasteiger partial charge on any atom is 0.320 e. The third kappa shape index (κ3) is 9.98. The highest BCUT2D eigenvalue weighted by atomic mass is 16.7. The van der Waals surface area contributed by atoms with Crippen molar-refractivity contribution < 1.29 is 57.8 Å². The second kappa shape index (κ2) is 17.5. The molecule has 0 aromatic rings. The van der Waals surface area contributed by atoms with Gasteiger partial charge in [0.05, 0.1) is 41.9 Å². The van der Waals surface area contributed by atoms with Gasteiger partial charge in [0.2, 0.25) is 0 Å². The Hall–Kier alpha value is -2.67. The third-order valence-corrected chi connectivity index (χ3v) is 10.3. The number of nitriles is 1. The number of esters is 3. The summed E-state index contributed by atoms with van der Waals surface area (Å²) in [6.07, 6.45) is -7.50. The van der Waals surface area contributed by atoms with Gasteiger partial charge >= 0.3 is 17.9 Å². The number of ether oxygens (including phenoxy) is 6. The molecule has 0 saturated carbocycles. The van der Waals surface area contributed by atoms with Gasteiger partial charge in [-0.3, -0.25) is 19.2 Å². The van der Waals surface area contributed by atoms with Crippen LogP contribution in [0.2, 0.25) is 0 Å². The Morgan fingerprint density at radius 2 is 1.67 bits per heavy atom. The van der Waals surface area contributed by atoms with Crippen LogP contribution in [0.4, 0.5) is 0 Å². The summed E-state index contributed by atoms with van der Waals surface area (Å²) in [6.45, 7) is 14.2. The molecule has 2 heterocycles. The summed E-state index contributed by atoms with van der Waals surface area (Å²) in [5.41, 5.74) is -3.36. The van der Waals surface area contributed by atoms with Gasteiger partial charge in [-0.15, -0.1) is 0 Å². The number of hydrogen-bond acceptors (Lipinski definition) is 14. The lowest BCUT2D eigenvalue weighted by atomic mass is 9.74. The molecule has 0 bridgehead atoms. The largest absolute Gasteiger partial charge is 0.460 e. The van der Waals surface area contributed by atoms with E-state index < -0.39 is 96.0 Å². The number of hydrogen-bond donors (Lipinski definition) is 2. The van der Waals surface area contributed by atoms with Gasteiger partial charge < -0.3 is 43.5 Å². The molecule has 14 nitrogen and oxygen atoms in total. The monoisotopic (exact) mass is 698 g/mol. The minimum Gasteiger partial charge on any atom is -0.460 e. The molecule has 49 heavy (non-hydrogen) atoms. The van der Waals surface area contributed by atoms with Crippen molar-refractivity contribution in [2.24, 2.45) is 23.7 Å². The molecule has 0 spiro atoms. The van der Waals surface area contributed by atoms with Crippen LogP contribution in [0.5, 0.6) is 0 Å². The molecule has 280 valence electrons. The fraction of sp³-hybridized carbons (Fsp3) is 0.857. The Labute approximate surface area is 290 Å². The van der Waals surface area contributed by atoms with Gasteiger partial charge in [-0.05, 0) is 61.1 Å². The van der Waals surface area contributed by atoms with Crippen molar-refractivity contribution in [3.05, 3.63) is 0 Å². The van der Waals surface area contributed by atoms with Crippen LogP contribution in [0.15, 0.2) is 0 Å². The Morgan fingerprint density at radius 1 is 1.06 bits per heavy atom. The molecule has 0 aromatic heterocycles. The van der Waals surface area contributed by atoms with Crippen LogP contribution >= 0.6 is 0 Å². The number of carbonyl (C=O) groups excluding carboxylic acids is 4. The van der Waals surface area contributed by atoms with Gasteiger partial charge in [-0.25, -0.2) is 0 Å². The van der Waals surface area contributed by atoms with E-state index in [0.29, 0.717) is 6.42 Å². The molecule has 2 N–H and O–H groups in total. The van der Waals surface area contributed by atoms with Crippen molar-refractivity contribution in [3.63, 3.8) is 0 Å². The molecule has 2 aliphatic rings. The van der Waals surface area contributed by atoms with Crippen LogP contribution in [-0.4, -0.2) is 120 Å². The van der Waals surface area contributed by atoms with Gasteiger partial charge in [0.1, 0.15) is 30.0 Å². The van der Waals surface area contributed by atoms with Gasteiger partial charge in [0, 0.05) is 31.8 Å². The maximum atomic E-state index is 13.9. The van der Waals surface area contributed by atoms with Crippen molar-refractivity contribution in [2.75, 3.05) is 21.2 Å². The zero-order chi connectivity index (χ0) is 37.6. The van der Waals surface area contributed by atoms with Gasteiger partial charge in [0.15, 0.2) is 12.4 Å². The lowest BCUT2D eigenvalue weighted by Crippen LogP contribution is -2.61.